The van der Waals surface area contributed by atoms with E-state index in [4.69, 9.17) is 9.47 Å². The number of carbonyl (C=O) groups is 1. The zero-order valence-corrected chi connectivity index (χ0v) is 11.9. The molecule has 2 aliphatic rings. The smallest absolute Gasteiger partial charge is 0.331 e. The van der Waals surface area contributed by atoms with Crippen LogP contribution in [0.25, 0.3) is 0 Å². The second-order valence-electron chi connectivity index (χ2n) is 5.62. The summed E-state index contributed by atoms with van der Waals surface area (Å²) >= 11 is 0. The predicted octanol–water partition coefficient (Wildman–Crippen LogP) is 2.37. The molecule has 4 heteroatoms. The Morgan fingerprint density at radius 2 is 2.10 bits per heavy atom. The molecule has 0 radical (unpaired) electrons. The maximum Gasteiger partial charge on any atom is 0.331 e. The van der Waals surface area contributed by atoms with Crippen molar-refractivity contribution in [1.29, 1.82) is 0 Å². The van der Waals surface area contributed by atoms with Gasteiger partial charge in [-0.2, -0.15) is 0 Å². The first-order valence-corrected chi connectivity index (χ1v) is 7.35. The Labute approximate surface area is 119 Å². The fourth-order valence-electron chi connectivity index (χ4n) is 3.41. The van der Waals surface area contributed by atoms with E-state index in [9.17, 15) is 4.79 Å². The van der Waals surface area contributed by atoms with Crippen molar-refractivity contribution in [2.45, 2.75) is 43.7 Å². The first-order chi connectivity index (χ1) is 9.76. The predicted molar refractivity (Wildman–Crippen MR) is 75.6 cm³/mol. The van der Waals surface area contributed by atoms with Crippen molar-refractivity contribution in [3.05, 3.63) is 29.8 Å². The van der Waals surface area contributed by atoms with Crippen molar-refractivity contribution in [2.24, 2.45) is 0 Å². The molecule has 1 aliphatic heterocycles. The SMILES string of the molecule is COC(=O)C1(NC2CCCC2)CCOc2ccccc21. The summed E-state index contributed by atoms with van der Waals surface area (Å²) < 4.78 is 10.8. The number of fused-ring (bicyclic) bond motifs is 1. The number of esters is 1. The number of rotatable bonds is 3. The van der Waals surface area contributed by atoms with E-state index in [0.29, 0.717) is 19.1 Å². The Morgan fingerprint density at radius 3 is 2.85 bits per heavy atom. The highest BCUT2D eigenvalue weighted by molar-refractivity contribution is 5.84. The second-order valence-corrected chi connectivity index (χ2v) is 5.62. The van der Waals surface area contributed by atoms with Gasteiger partial charge in [0.2, 0.25) is 0 Å². The normalized spacial score (nSPS) is 25.9. The number of carbonyl (C=O) groups excluding carboxylic acids is 1. The molecule has 1 saturated carbocycles. The molecule has 1 aromatic rings. The van der Waals surface area contributed by atoms with Crippen LogP contribution in [0.3, 0.4) is 0 Å². The molecule has 0 saturated heterocycles. The third-order valence-electron chi connectivity index (χ3n) is 4.42. The number of benzene rings is 1. The largest absolute Gasteiger partial charge is 0.493 e. The van der Waals surface area contributed by atoms with Crippen molar-refractivity contribution >= 4 is 5.97 Å². The molecule has 0 spiro atoms. The van der Waals surface area contributed by atoms with Gasteiger partial charge in [0.25, 0.3) is 0 Å². The summed E-state index contributed by atoms with van der Waals surface area (Å²) in [6, 6.07) is 8.15. The topological polar surface area (TPSA) is 47.6 Å². The highest BCUT2D eigenvalue weighted by Gasteiger charge is 2.46. The van der Waals surface area contributed by atoms with Gasteiger partial charge < -0.3 is 9.47 Å². The van der Waals surface area contributed by atoms with Crippen LogP contribution in [-0.4, -0.2) is 25.7 Å². The number of nitrogens with one attached hydrogen (secondary N) is 1. The maximum atomic E-state index is 12.5. The molecule has 0 bridgehead atoms. The Balaban J connectivity index is 2.00. The molecule has 0 aromatic heterocycles. The van der Waals surface area contributed by atoms with Gasteiger partial charge in [-0.25, -0.2) is 4.79 Å². The lowest BCUT2D eigenvalue weighted by Gasteiger charge is -2.39. The van der Waals surface area contributed by atoms with Crippen LogP contribution in [0.1, 0.15) is 37.7 Å². The minimum absolute atomic E-state index is 0.208. The van der Waals surface area contributed by atoms with Crippen LogP contribution < -0.4 is 10.1 Å². The summed E-state index contributed by atoms with van der Waals surface area (Å²) in [6.07, 6.45) is 5.33. The van der Waals surface area contributed by atoms with E-state index >= 15 is 0 Å². The van der Waals surface area contributed by atoms with E-state index in [2.05, 4.69) is 5.32 Å². The average molecular weight is 275 g/mol. The molecule has 0 amide bonds. The van der Waals surface area contributed by atoms with Crippen LogP contribution >= 0.6 is 0 Å². The number of ether oxygens (including phenoxy) is 2. The van der Waals surface area contributed by atoms with Gasteiger partial charge in [0, 0.05) is 18.0 Å². The molecule has 4 nitrogen and oxygen atoms in total. The van der Waals surface area contributed by atoms with Crippen molar-refractivity contribution < 1.29 is 14.3 Å². The van der Waals surface area contributed by atoms with Gasteiger partial charge in [0.05, 0.1) is 13.7 Å². The molecule has 1 fully saturated rings. The van der Waals surface area contributed by atoms with Crippen molar-refractivity contribution in [2.75, 3.05) is 13.7 Å². The van der Waals surface area contributed by atoms with Gasteiger partial charge in [-0.1, -0.05) is 31.0 Å². The van der Waals surface area contributed by atoms with Crippen molar-refractivity contribution in [3.8, 4) is 5.75 Å². The van der Waals surface area contributed by atoms with Crippen LogP contribution in [0.5, 0.6) is 5.75 Å². The van der Waals surface area contributed by atoms with E-state index in [1.165, 1.54) is 20.0 Å². The summed E-state index contributed by atoms with van der Waals surface area (Å²) in [5.41, 5.74) is 0.156. The third kappa shape index (κ3) is 2.18. The zero-order chi connectivity index (χ0) is 14.0. The summed E-state index contributed by atoms with van der Waals surface area (Å²) in [5, 5.41) is 3.58. The Hall–Kier alpha value is -1.55. The van der Waals surface area contributed by atoms with Gasteiger partial charge in [-0.05, 0) is 18.9 Å². The van der Waals surface area contributed by atoms with Gasteiger partial charge in [-0.15, -0.1) is 0 Å². The first-order valence-electron chi connectivity index (χ1n) is 7.35. The Bertz CT molecular complexity index is 496. The highest BCUT2D eigenvalue weighted by atomic mass is 16.5. The first kappa shape index (κ1) is 13.4. The third-order valence-corrected chi connectivity index (χ3v) is 4.42. The van der Waals surface area contributed by atoms with Crippen LogP contribution in [0.4, 0.5) is 0 Å². The molecule has 1 N–H and O–H groups in total. The number of hydrogen-bond acceptors (Lipinski definition) is 4. The monoisotopic (exact) mass is 275 g/mol. The van der Waals surface area contributed by atoms with Gasteiger partial charge in [0.15, 0.2) is 0 Å². The molecule has 108 valence electrons. The summed E-state index contributed by atoms with van der Waals surface area (Å²) in [4.78, 5) is 12.5. The lowest BCUT2D eigenvalue weighted by atomic mass is 9.83. The molecule has 20 heavy (non-hydrogen) atoms. The van der Waals surface area contributed by atoms with Crippen LogP contribution in [0.2, 0.25) is 0 Å². The standard InChI is InChI=1S/C16H21NO3/c1-19-15(18)16(17-12-6-2-3-7-12)10-11-20-14-9-5-4-8-13(14)16/h4-5,8-9,12,17H,2-3,6-7,10-11H2,1H3. The van der Waals surface area contributed by atoms with Crippen LogP contribution in [0, 0.1) is 0 Å². The molecule has 1 aliphatic carbocycles. The molecular weight excluding hydrogens is 254 g/mol. The molecule has 3 rings (SSSR count). The van der Waals surface area contributed by atoms with E-state index in [-0.39, 0.29) is 5.97 Å². The highest BCUT2D eigenvalue weighted by Crippen LogP contribution is 2.39. The minimum Gasteiger partial charge on any atom is -0.493 e. The van der Waals surface area contributed by atoms with E-state index < -0.39 is 5.54 Å². The second kappa shape index (κ2) is 5.44. The molecule has 1 atom stereocenters. The van der Waals surface area contributed by atoms with Crippen LogP contribution in [0.15, 0.2) is 24.3 Å². The van der Waals surface area contributed by atoms with E-state index in [1.54, 1.807) is 0 Å². The zero-order valence-electron chi connectivity index (χ0n) is 11.9. The molecular formula is C16H21NO3. The molecule has 1 heterocycles. The lowest BCUT2D eigenvalue weighted by Crippen LogP contribution is -2.55. The quantitative estimate of drug-likeness (QED) is 0.860. The molecule has 1 unspecified atom stereocenters. The average Bonchev–Trinajstić information content (AvgIpc) is 2.99. The Morgan fingerprint density at radius 1 is 1.35 bits per heavy atom. The lowest BCUT2D eigenvalue weighted by molar-refractivity contribution is -0.151. The van der Waals surface area contributed by atoms with E-state index in [0.717, 1.165) is 24.2 Å². The van der Waals surface area contributed by atoms with Crippen molar-refractivity contribution in [3.63, 3.8) is 0 Å². The fourth-order valence-corrected chi connectivity index (χ4v) is 3.41. The van der Waals surface area contributed by atoms with Gasteiger partial charge >= 0.3 is 5.97 Å². The number of methoxy groups -OCH3 is 1. The van der Waals surface area contributed by atoms with Crippen LogP contribution in [-0.2, 0) is 15.1 Å². The molecule has 1 aromatic carbocycles. The Kier molecular flexibility index (Phi) is 3.66. The van der Waals surface area contributed by atoms with Crippen molar-refractivity contribution in [1.82, 2.24) is 5.32 Å². The van der Waals surface area contributed by atoms with Gasteiger partial charge in [-0.3, -0.25) is 5.32 Å². The summed E-state index contributed by atoms with van der Waals surface area (Å²) in [6.45, 7) is 0.534. The minimum atomic E-state index is -0.751. The fraction of sp³-hybridized carbons (Fsp3) is 0.562. The van der Waals surface area contributed by atoms with E-state index in [1.807, 2.05) is 24.3 Å². The maximum absolute atomic E-state index is 12.5. The van der Waals surface area contributed by atoms with Gasteiger partial charge in [0.1, 0.15) is 11.3 Å². The summed E-state index contributed by atoms with van der Waals surface area (Å²) in [5.74, 6) is 0.579. The number of para-hydroxylation sites is 1. The number of hydrogen-bond donors (Lipinski definition) is 1. The summed E-state index contributed by atoms with van der Waals surface area (Å²) in [7, 11) is 1.46.